The Labute approximate surface area is 120 Å². The molecule has 2 rings (SSSR count). The van der Waals surface area contributed by atoms with E-state index in [1.54, 1.807) is 0 Å². The second-order valence-electron chi connectivity index (χ2n) is 3.97. The van der Waals surface area contributed by atoms with Crippen LogP contribution < -0.4 is 4.74 Å². The normalized spacial score (nSPS) is 10.4. The molecule has 0 aliphatic rings. The first-order chi connectivity index (χ1) is 8.69. The maximum Gasteiger partial charge on any atom is 0.214 e. The molecule has 4 heteroatoms. The summed E-state index contributed by atoms with van der Waals surface area (Å²) in [6, 6.07) is 11.8. The summed E-state index contributed by atoms with van der Waals surface area (Å²) in [4.78, 5) is 4.33. The van der Waals surface area contributed by atoms with Crippen LogP contribution in [-0.2, 0) is 12.5 Å². The number of aromatic nitrogens is 1. The van der Waals surface area contributed by atoms with Gasteiger partial charge < -0.3 is 4.74 Å². The number of benzene rings is 1. The van der Waals surface area contributed by atoms with Crippen LogP contribution in [0.4, 0.5) is 0 Å². The maximum atomic E-state index is 5.82. The Balaban J connectivity index is 2.11. The molecule has 2 aromatic rings. The quantitative estimate of drug-likeness (QED) is 0.773. The number of halogens is 2. The molecule has 0 bridgehead atoms. The predicted molar refractivity (Wildman–Crippen MR) is 77.0 cm³/mol. The Bertz CT molecular complexity index is 545. The minimum atomic E-state index is 0.467. The monoisotopic (exact) mass is 325 g/mol. The number of aryl methyl sites for hydroxylation is 1. The molecular formula is C14H13BrClNO. The number of hydrogen-bond acceptors (Lipinski definition) is 2. The molecule has 1 heterocycles. The van der Waals surface area contributed by atoms with E-state index in [1.807, 2.05) is 43.3 Å². The SMILES string of the molecule is Cc1cc(CCl)cc(OCc2ccccc2Br)n1. The Morgan fingerprint density at radius 3 is 2.78 bits per heavy atom. The summed E-state index contributed by atoms with van der Waals surface area (Å²) in [5.74, 6) is 1.08. The Hall–Kier alpha value is -1.06. The molecule has 0 aliphatic carbocycles. The van der Waals surface area contributed by atoms with E-state index in [9.17, 15) is 0 Å². The molecule has 0 fully saturated rings. The molecule has 1 aromatic heterocycles. The second-order valence-corrected chi connectivity index (χ2v) is 5.09. The molecule has 94 valence electrons. The number of nitrogens with zero attached hydrogens (tertiary/aromatic N) is 1. The summed E-state index contributed by atoms with van der Waals surface area (Å²) in [5, 5.41) is 0. The molecule has 18 heavy (non-hydrogen) atoms. The van der Waals surface area contributed by atoms with E-state index < -0.39 is 0 Å². The van der Waals surface area contributed by atoms with Crippen LogP contribution in [0.2, 0.25) is 0 Å². The molecular weight excluding hydrogens is 314 g/mol. The smallest absolute Gasteiger partial charge is 0.214 e. The fourth-order valence-electron chi connectivity index (χ4n) is 1.63. The molecule has 0 unspecified atom stereocenters. The van der Waals surface area contributed by atoms with Crippen LogP contribution in [0.1, 0.15) is 16.8 Å². The number of rotatable bonds is 4. The van der Waals surface area contributed by atoms with Crippen LogP contribution in [0.15, 0.2) is 40.9 Å². The average molecular weight is 327 g/mol. The van der Waals surface area contributed by atoms with Crippen molar-refractivity contribution in [1.82, 2.24) is 4.98 Å². The first-order valence-corrected chi connectivity index (χ1v) is 6.91. The zero-order valence-corrected chi connectivity index (χ0v) is 12.3. The Kier molecular flexibility index (Phi) is 4.61. The van der Waals surface area contributed by atoms with E-state index in [0.29, 0.717) is 18.4 Å². The largest absolute Gasteiger partial charge is 0.473 e. The topological polar surface area (TPSA) is 22.1 Å². The Morgan fingerprint density at radius 2 is 2.06 bits per heavy atom. The third-order valence-corrected chi connectivity index (χ3v) is 3.56. The average Bonchev–Trinajstić information content (AvgIpc) is 2.37. The molecule has 0 saturated carbocycles. The zero-order valence-electron chi connectivity index (χ0n) is 9.99. The lowest BCUT2D eigenvalue weighted by atomic mass is 10.2. The van der Waals surface area contributed by atoms with Crippen LogP contribution in [0.5, 0.6) is 5.88 Å². The van der Waals surface area contributed by atoms with Crippen molar-refractivity contribution in [2.75, 3.05) is 0 Å². The van der Waals surface area contributed by atoms with Gasteiger partial charge in [0.2, 0.25) is 5.88 Å². The van der Waals surface area contributed by atoms with Crippen molar-refractivity contribution in [1.29, 1.82) is 0 Å². The summed E-state index contributed by atoms with van der Waals surface area (Å²) >= 11 is 9.31. The first kappa shape index (κ1) is 13.4. The van der Waals surface area contributed by atoms with Gasteiger partial charge in [0, 0.05) is 27.7 Å². The van der Waals surface area contributed by atoms with Gasteiger partial charge in [-0.2, -0.15) is 0 Å². The van der Waals surface area contributed by atoms with E-state index in [2.05, 4.69) is 20.9 Å². The van der Waals surface area contributed by atoms with Crippen LogP contribution in [0.25, 0.3) is 0 Å². The van der Waals surface area contributed by atoms with Crippen LogP contribution in [0.3, 0.4) is 0 Å². The van der Waals surface area contributed by atoms with E-state index in [-0.39, 0.29) is 0 Å². The van der Waals surface area contributed by atoms with Crippen LogP contribution >= 0.6 is 27.5 Å². The van der Waals surface area contributed by atoms with Crippen molar-refractivity contribution < 1.29 is 4.74 Å². The third-order valence-electron chi connectivity index (χ3n) is 2.48. The first-order valence-electron chi connectivity index (χ1n) is 5.59. The fourth-order valence-corrected chi connectivity index (χ4v) is 2.18. The predicted octanol–water partition coefficient (Wildman–Crippen LogP) is 4.47. The summed E-state index contributed by atoms with van der Waals surface area (Å²) in [6.07, 6.45) is 0. The van der Waals surface area contributed by atoms with Crippen molar-refractivity contribution in [2.24, 2.45) is 0 Å². The molecule has 0 atom stereocenters. The van der Waals surface area contributed by atoms with Gasteiger partial charge in [-0.15, -0.1) is 11.6 Å². The van der Waals surface area contributed by atoms with Gasteiger partial charge in [0.05, 0.1) is 0 Å². The van der Waals surface area contributed by atoms with Crippen LogP contribution in [0, 0.1) is 6.92 Å². The molecule has 0 aliphatic heterocycles. The summed E-state index contributed by atoms with van der Waals surface area (Å²) in [5.41, 5.74) is 3.02. The van der Waals surface area contributed by atoms with Crippen molar-refractivity contribution in [2.45, 2.75) is 19.4 Å². The van der Waals surface area contributed by atoms with E-state index in [0.717, 1.165) is 21.3 Å². The van der Waals surface area contributed by atoms with Gasteiger partial charge in [-0.25, -0.2) is 4.98 Å². The lowest BCUT2D eigenvalue weighted by Crippen LogP contribution is -1.99. The maximum absolute atomic E-state index is 5.82. The van der Waals surface area contributed by atoms with Gasteiger partial charge in [-0.3, -0.25) is 0 Å². The second kappa shape index (κ2) is 6.21. The highest BCUT2D eigenvalue weighted by atomic mass is 79.9. The molecule has 0 radical (unpaired) electrons. The van der Waals surface area contributed by atoms with Gasteiger partial charge >= 0.3 is 0 Å². The van der Waals surface area contributed by atoms with Gasteiger partial charge in [0.1, 0.15) is 6.61 Å². The van der Waals surface area contributed by atoms with E-state index in [1.165, 1.54) is 0 Å². The lowest BCUT2D eigenvalue weighted by molar-refractivity contribution is 0.292. The fraction of sp³-hybridized carbons (Fsp3) is 0.214. The number of ether oxygens (including phenoxy) is 1. The van der Waals surface area contributed by atoms with Crippen molar-refractivity contribution in [3.8, 4) is 5.88 Å². The minimum absolute atomic E-state index is 0.467. The molecule has 0 saturated heterocycles. The van der Waals surface area contributed by atoms with Gasteiger partial charge in [0.25, 0.3) is 0 Å². The van der Waals surface area contributed by atoms with Crippen molar-refractivity contribution >= 4 is 27.5 Å². The summed E-state index contributed by atoms with van der Waals surface area (Å²) in [7, 11) is 0. The number of pyridine rings is 1. The standard InChI is InChI=1S/C14H13BrClNO/c1-10-6-11(8-16)7-14(17-10)18-9-12-4-2-3-5-13(12)15/h2-7H,8-9H2,1H3. The van der Waals surface area contributed by atoms with Gasteiger partial charge in [-0.1, -0.05) is 34.1 Å². The van der Waals surface area contributed by atoms with Crippen molar-refractivity contribution in [3.63, 3.8) is 0 Å². The number of alkyl halides is 1. The molecule has 0 amide bonds. The van der Waals surface area contributed by atoms with E-state index >= 15 is 0 Å². The third kappa shape index (κ3) is 3.47. The summed E-state index contributed by atoms with van der Waals surface area (Å²) < 4.78 is 6.73. The highest BCUT2D eigenvalue weighted by Crippen LogP contribution is 2.19. The molecule has 2 nitrogen and oxygen atoms in total. The van der Waals surface area contributed by atoms with Gasteiger partial charge in [-0.05, 0) is 24.6 Å². The summed E-state index contributed by atoms with van der Waals surface area (Å²) in [6.45, 7) is 2.42. The van der Waals surface area contributed by atoms with Crippen LogP contribution in [-0.4, -0.2) is 4.98 Å². The molecule has 1 aromatic carbocycles. The minimum Gasteiger partial charge on any atom is -0.473 e. The van der Waals surface area contributed by atoms with Crippen molar-refractivity contribution in [3.05, 3.63) is 57.7 Å². The highest BCUT2D eigenvalue weighted by molar-refractivity contribution is 9.10. The molecule has 0 spiro atoms. The highest BCUT2D eigenvalue weighted by Gasteiger charge is 2.03. The Morgan fingerprint density at radius 1 is 1.28 bits per heavy atom. The lowest BCUT2D eigenvalue weighted by Gasteiger charge is -2.08. The van der Waals surface area contributed by atoms with Gasteiger partial charge in [0.15, 0.2) is 0 Å². The zero-order chi connectivity index (χ0) is 13.0. The van der Waals surface area contributed by atoms with E-state index in [4.69, 9.17) is 16.3 Å². The number of hydrogen-bond donors (Lipinski definition) is 0. The molecule has 0 N–H and O–H groups in total.